The maximum absolute atomic E-state index is 13.0. The number of hydrogen-bond acceptors (Lipinski definition) is 2. The molecule has 6 heteroatoms. The van der Waals surface area contributed by atoms with E-state index in [1.807, 2.05) is 37.3 Å². The molecule has 0 spiro atoms. The van der Waals surface area contributed by atoms with Crippen LogP contribution in [0.4, 0.5) is 10.1 Å². The van der Waals surface area contributed by atoms with E-state index in [4.69, 9.17) is 11.6 Å². The van der Waals surface area contributed by atoms with Gasteiger partial charge in [-0.15, -0.1) is 0 Å². The van der Waals surface area contributed by atoms with Gasteiger partial charge >= 0.3 is 11.8 Å². The highest BCUT2D eigenvalue weighted by molar-refractivity contribution is 6.39. The fourth-order valence-electron chi connectivity index (χ4n) is 1.99. The molecule has 2 aromatic rings. The minimum atomic E-state index is -0.826. The number of nitrogens with one attached hydrogen (secondary N) is 2. The van der Waals surface area contributed by atoms with E-state index in [9.17, 15) is 14.0 Å². The Labute approximate surface area is 138 Å². The van der Waals surface area contributed by atoms with Crippen molar-refractivity contribution in [3.05, 3.63) is 64.9 Å². The highest BCUT2D eigenvalue weighted by Crippen LogP contribution is 2.19. The van der Waals surface area contributed by atoms with Gasteiger partial charge in [-0.3, -0.25) is 9.59 Å². The molecule has 0 fully saturated rings. The fourth-order valence-corrected chi connectivity index (χ4v) is 2.17. The van der Waals surface area contributed by atoms with Crippen molar-refractivity contribution in [3.63, 3.8) is 0 Å². The quantitative estimate of drug-likeness (QED) is 0.842. The summed E-state index contributed by atoms with van der Waals surface area (Å²) in [6, 6.07) is 13.4. The summed E-state index contributed by atoms with van der Waals surface area (Å²) in [5.74, 6) is -2.10. The Hall–Kier alpha value is -2.40. The van der Waals surface area contributed by atoms with Gasteiger partial charge in [0.25, 0.3) is 0 Å². The van der Waals surface area contributed by atoms with Gasteiger partial charge in [-0.25, -0.2) is 4.39 Å². The van der Waals surface area contributed by atoms with Crippen LogP contribution in [0.2, 0.25) is 5.02 Å². The van der Waals surface area contributed by atoms with Crippen LogP contribution in [0.5, 0.6) is 0 Å². The average Bonchev–Trinajstić information content (AvgIpc) is 2.56. The second-order valence-electron chi connectivity index (χ2n) is 5.10. The number of carbonyl (C=O) groups is 2. The monoisotopic (exact) mass is 334 g/mol. The van der Waals surface area contributed by atoms with Crippen LogP contribution in [0.1, 0.15) is 18.4 Å². The third-order valence-electron chi connectivity index (χ3n) is 3.32. The molecule has 0 saturated heterocycles. The molecule has 2 aromatic carbocycles. The summed E-state index contributed by atoms with van der Waals surface area (Å²) in [7, 11) is 0. The van der Waals surface area contributed by atoms with Gasteiger partial charge in [0, 0.05) is 12.2 Å². The minimum Gasteiger partial charge on any atom is -0.347 e. The van der Waals surface area contributed by atoms with Gasteiger partial charge < -0.3 is 10.6 Å². The zero-order valence-electron chi connectivity index (χ0n) is 12.5. The van der Waals surface area contributed by atoms with Crippen LogP contribution in [-0.4, -0.2) is 18.4 Å². The van der Waals surface area contributed by atoms with E-state index in [1.54, 1.807) is 0 Å². The van der Waals surface area contributed by atoms with Gasteiger partial charge in [0.05, 0.1) is 5.02 Å². The third-order valence-corrected chi connectivity index (χ3v) is 3.61. The van der Waals surface area contributed by atoms with Gasteiger partial charge in [0.2, 0.25) is 0 Å². The highest BCUT2D eigenvalue weighted by atomic mass is 35.5. The Bertz CT molecular complexity index is 707. The van der Waals surface area contributed by atoms with Crippen molar-refractivity contribution >= 4 is 29.1 Å². The van der Waals surface area contributed by atoms with Gasteiger partial charge in [-0.2, -0.15) is 0 Å². The van der Waals surface area contributed by atoms with Gasteiger partial charge in [0.1, 0.15) is 5.82 Å². The van der Waals surface area contributed by atoms with E-state index in [0.717, 1.165) is 11.6 Å². The van der Waals surface area contributed by atoms with Crippen molar-refractivity contribution in [2.45, 2.75) is 12.8 Å². The molecular weight excluding hydrogens is 319 g/mol. The summed E-state index contributed by atoms with van der Waals surface area (Å²) < 4.78 is 13.0. The lowest BCUT2D eigenvalue weighted by Crippen LogP contribution is -2.37. The van der Waals surface area contributed by atoms with Crippen molar-refractivity contribution < 1.29 is 14.0 Å². The van der Waals surface area contributed by atoms with E-state index in [2.05, 4.69) is 10.6 Å². The molecule has 0 aliphatic carbocycles. The van der Waals surface area contributed by atoms with Crippen LogP contribution in [0.15, 0.2) is 48.5 Å². The molecule has 0 unspecified atom stereocenters. The molecule has 0 bridgehead atoms. The predicted octanol–water partition coefficient (Wildman–Crippen LogP) is 3.34. The normalized spacial score (nSPS) is 11.6. The van der Waals surface area contributed by atoms with Crippen LogP contribution in [-0.2, 0) is 9.59 Å². The molecule has 2 rings (SSSR count). The first kappa shape index (κ1) is 17.0. The van der Waals surface area contributed by atoms with E-state index in [-0.39, 0.29) is 16.6 Å². The SMILES string of the molecule is C[C@H](CNC(=O)C(=O)Nc1ccc(F)c(Cl)c1)c1ccccc1. The third kappa shape index (κ3) is 4.79. The molecule has 4 nitrogen and oxygen atoms in total. The summed E-state index contributed by atoms with van der Waals surface area (Å²) in [6.07, 6.45) is 0. The summed E-state index contributed by atoms with van der Waals surface area (Å²) in [5.41, 5.74) is 1.33. The zero-order chi connectivity index (χ0) is 16.8. The Balaban J connectivity index is 1.87. The Morgan fingerprint density at radius 1 is 1.13 bits per heavy atom. The van der Waals surface area contributed by atoms with E-state index < -0.39 is 17.6 Å². The van der Waals surface area contributed by atoms with E-state index >= 15 is 0 Å². The number of anilines is 1. The van der Waals surface area contributed by atoms with Crippen LogP contribution >= 0.6 is 11.6 Å². The molecule has 0 aromatic heterocycles. The molecule has 0 aliphatic heterocycles. The fraction of sp³-hybridized carbons (Fsp3) is 0.176. The van der Waals surface area contributed by atoms with Crippen molar-refractivity contribution in [2.75, 3.05) is 11.9 Å². The molecule has 120 valence electrons. The van der Waals surface area contributed by atoms with Crippen LogP contribution < -0.4 is 10.6 Å². The first-order valence-electron chi connectivity index (χ1n) is 7.06. The molecule has 2 amide bonds. The highest BCUT2D eigenvalue weighted by Gasteiger charge is 2.15. The zero-order valence-corrected chi connectivity index (χ0v) is 13.2. The molecule has 0 heterocycles. The van der Waals surface area contributed by atoms with Crippen LogP contribution in [0.25, 0.3) is 0 Å². The summed E-state index contributed by atoms with van der Waals surface area (Å²) in [6.45, 7) is 2.29. The summed E-state index contributed by atoms with van der Waals surface area (Å²) >= 11 is 5.62. The lowest BCUT2D eigenvalue weighted by atomic mass is 10.0. The average molecular weight is 335 g/mol. The number of carbonyl (C=O) groups excluding carboxylic acids is 2. The van der Waals surface area contributed by atoms with Crippen molar-refractivity contribution in [1.29, 1.82) is 0 Å². The molecular formula is C17H16ClFN2O2. The summed E-state index contributed by atoms with van der Waals surface area (Å²) in [4.78, 5) is 23.6. The molecule has 0 aliphatic rings. The summed E-state index contributed by atoms with van der Waals surface area (Å²) in [5, 5.41) is 4.82. The number of rotatable bonds is 4. The van der Waals surface area contributed by atoms with Gasteiger partial charge in [-0.1, -0.05) is 48.9 Å². The molecule has 2 N–H and O–H groups in total. The Kier molecular flexibility index (Phi) is 5.71. The lowest BCUT2D eigenvalue weighted by molar-refractivity contribution is -0.136. The molecule has 0 radical (unpaired) electrons. The first-order chi connectivity index (χ1) is 11.0. The predicted molar refractivity (Wildman–Crippen MR) is 87.9 cm³/mol. The Morgan fingerprint density at radius 3 is 2.48 bits per heavy atom. The standard InChI is InChI=1S/C17H16ClFN2O2/c1-11(12-5-3-2-4-6-12)10-20-16(22)17(23)21-13-7-8-15(19)14(18)9-13/h2-9,11H,10H2,1H3,(H,20,22)(H,21,23)/t11-/m1/s1. The minimum absolute atomic E-state index is 0.0771. The molecule has 0 saturated carbocycles. The van der Waals surface area contributed by atoms with E-state index in [0.29, 0.717) is 6.54 Å². The maximum atomic E-state index is 13.0. The number of hydrogen-bond donors (Lipinski definition) is 2. The second-order valence-corrected chi connectivity index (χ2v) is 5.51. The molecule has 23 heavy (non-hydrogen) atoms. The second kappa shape index (κ2) is 7.74. The number of amides is 2. The Morgan fingerprint density at radius 2 is 1.83 bits per heavy atom. The van der Waals surface area contributed by atoms with Crippen LogP contribution in [0.3, 0.4) is 0 Å². The van der Waals surface area contributed by atoms with Crippen LogP contribution in [0, 0.1) is 5.82 Å². The topological polar surface area (TPSA) is 58.2 Å². The number of benzene rings is 2. The maximum Gasteiger partial charge on any atom is 0.313 e. The first-order valence-corrected chi connectivity index (χ1v) is 7.44. The van der Waals surface area contributed by atoms with Gasteiger partial charge in [-0.05, 0) is 29.7 Å². The van der Waals surface area contributed by atoms with Crippen molar-refractivity contribution in [1.82, 2.24) is 5.32 Å². The smallest absolute Gasteiger partial charge is 0.313 e. The number of halogens is 2. The molecule has 1 atom stereocenters. The van der Waals surface area contributed by atoms with Crippen molar-refractivity contribution in [2.24, 2.45) is 0 Å². The largest absolute Gasteiger partial charge is 0.347 e. The lowest BCUT2D eigenvalue weighted by Gasteiger charge is -2.13. The van der Waals surface area contributed by atoms with E-state index in [1.165, 1.54) is 12.1 Å². The van der Waals surface area contributed by atoms with Gasteiger partial charge in [0.15, 0.2) is 0 Å². The van der Waals surface area contributed by atoms with Crippen molar-refractivity contribution in [3.8, 4) is 0 Å².